The summed E-state index contributed by atoms with van der Waals surface area (Å²) in [7, 11) is 0. The Hall–Kier alpha value is -2.74. The van der Waals surface area contributed by atoms with Crippen LogP contribution in [-0.2, 0) is 9.59 Å². The van der Waals surface area contributed by atoms with E-state index < -0.39 is 29.6 Å². The lowest BCUT2D eigenvalue weighted by Crippen LogP contribution is -2.43. The summed E-state index contributed by atoms with van der Waals surface area (Å²) in [4.78, 5) is 36.6. The Kier molecular flexibility index (Phi) is 4.80. The lowest BCUT2D eigenvalue weighted by atomic mass is 10.1. The zero-order valence-electron chi connectivity index (χ0n) is 12.8. The molecule has 1 aliphatic rings. The summed E-state index contributed by atoms with van der Waals surface area (Å²) < 4.78 is 14.3. The van der Waals surface area contributed by atoms with Crippen molar-refractivity contribution >= 4 is 45.0 Å². The lowest BCUT2D eigenvalue weighted by Gasteiger charge is -2.14. The second kappa shape index (κ2) is 7.02. The molecule has 0 radical (unpaired) electrons. The molecule has 0 saturated heterocycles. The van der Waals surface area contributed by atoms with Crippen molar-refractivity contribution in [1.29, 1.82) is 0 Å². The van der Waals surface area contributed by atoms with E-state index in [2.05, 4.69) is 31.9 Å². The smallest absolute Gasteiger partial charge is 0.254 e. The van der Waals surface area contributed by atoms with Crippen LogP contribution in [0.25, 0.3) is 0 Å². The molecule has 0 aliphatic carbocycles. The van der Waals surface area contributed by atoms with E-state index in [1.54, 1.807) is 30.3 Å². The van der Waals surface area contributed by atoms with Gasteiger partial charge in [-0.15, -0.1) is 0 Å². The standard InChI is InChI=1S/C17H13BrFN3O3/c18-9-5-6-13(11(19)7-9)20-15(23)8-14-17(25)21-12-4-2-1-3-10(12)16(24)22-14/h1-7,14H,8H2,(H,20,23)(H,21,25)(H,22,24). The van der Waals surface area contributed by atoms with Crippen molar-refractivity contribution < 1.29 is 18.8 Å². The maximum absolute atomic E-state index is 13.8. The minimum atomic E-state index is -1.06. The van der Waals surface area contributed by atoms with Gasteiger partial charge in [-0.05, 0) is 30.3 Å². The summed E-state index contributed by atoms with van der Waals surface area (Å²) in [6.07, 6.45) is -0.318. The molecule has 0 bridgehead atoms. The van der Waals surface area contributed by atoms with E-state index in [0.717, 1.165) is 0 Å². The molecule has 0 spiro atoms. The normalized spacial score (nSPS) is 16.3. The first-order chi connectivity index (χ1) is 11.9. The van der Waals surface area contributed by atoms with E-state index in [9.17, 15) is 18.8 Å². The third-order valence-electron chi connectivity index (χ3n) is 3.65. The van der Waals surface area contributed by atoms with Crippen LogP contribution in [0, 0.1) is 5.82 Å². The van der Waals surface area contributed by atoms with Gasteiger partial charge in [-0.25, -0.2) is 4.39 Å². The van der Waals surface area contributed by atoms with Crippen LogP contribution in [0.3, 0.4) is 0 Å². The van der Waals surface area contributed by atoms with Gasteiger partial charge in [-0.1, -0.05) is 28.1 Å². The number of hydrogen-bond donors (Lipinski definition) is 3. The number of anilines is 2. The summed E-state index contributed by atoms with van der Waals surface area (Å²) >= 11 is 3.13. The quantitative estimate of drug-likeness (QED) is 0.733. The van der Waals surface area contributed by atoms with E-state index in [4.69, 9.17) is 0 Å². The number of carbonyl (C=O) groups excluding carboxylic acids is 3. The largest absolute Gasteiger partial charge is 0.340 e. The Morgan fingerprint density at radius 3 is 2.72 bits per heavy atom. The molecule has 3 N–H and O–H groups in total. The van der Waals surface area contributed by atoms with Crippen LogP contribution < -0.4 is 16.0 Å². The molecule has 1 unspecified atom stereocenters. The van der Waals surface area contributed by atoms with Gasteiger partial charge in [0.05, 0.1) is 23.4 Å². The highest BCUT2D eigenvalue weighted by molar-refractivity contribution is 9.10. The summed E-state index contributed by atoms with van der Waals surface area (Å²) in [5.74, 6) is -2.16. The van der Waals surface area contributed by atoms with Crippen molar-refractivity contribution in [3.05, 3.63) is 58.3 Å². The molecule has 8 heteroatoms. The molecule has 25 heavy (non-hydrogen) atoms. The fourth-order valence-electron chi connectivity index (χ4n) is 2.43. The third kappa shape index (κ3) is 3.85. The predicted molar refractivity (Wildman–Crippen MR) is 93.7 cm³/mol. The minimum Gasteiger partial charge on any atom is -0.340 e. The van der Waals surface area contributed by atoms with E-state index in [-0.39, 0.29) is 12.1 Å². The van der Waals surface area contributed by atoms with E-state index in [1.807, 2.05) is 0 Å². The molecule has 6 nitrogen and oxygen atoms in total. The SMILES string of the molecule is O=C(CC1NC(=O)c2ccccc2NC1=O)Nc1ccc(Br)cc1F. The van der Waals surface area contributed by atoms with Crippen LogP contribution in [0.4, 0.5) is 15.8 Å². The molecule has 2 aromatic carbocycles. The van der Waals surface area contributed by atoms with Gasteiger partial charge < -0.3 is 16.0 Å². The summed E-state index contributed by atoms with van der Waals surface area (Å²) in [6.45, 7) is 0. The van der Waals surface area contributed by atoms with Gasteiger partial charge >= 0.3 is 0 Å². The molecule has 1 heterocycles. The van der Waals surface area contributed by atoms with Crippen molar-refractivity contribution in [2.45, 2.75) is 12.5 Å². The average molecular weight is 406 g/mol. The lowest BCUT2D eigenvalue weighted by molar-refractivity contribution is -0.122. The fourth-order valence-corrected chi connectivity index (χ4v) is 2.77. The number of amides is 3. The Labute approximate surface area is 150 Å². The third-order valence-corrected chi connectivity index (χ3v) is 4.14. The Morgan fingerprint density at radius 1 is 1.20 bits per heavy atom. The number of hydrogen-bond acceptors (Lipinski definition) is 3. The number of benzene rings is 2. The van der Waals surface area contributed by atoms with Crippen molar-refractivity contribution in [2.75, 3.05) is 10.6 Å². The predicted octanol–water partition coefficient (Wildman–Crippen LogP) is 2.67. The van der Waals surface area contributed by atoms with Crippen LogP contribution in [-0.4, -0.2) is 23.8 Å². The van der Waals surface area contributed by atoms with Crippen molar-refractivity contribution in [1.82, 2.24) is 5.32 Å². The highest BCUT2D eigenvalue weighted by Crippen LogP contribution is 2.21. The summed E-state index contributed by atoms with van der Waals surface area (Å²) in [5, 5.41) is 7.52. The molecule has 2 aromatic rings. The maximum atomic E-state index is 13.8. The van der Waals surface area contributed by atoms with Crippen LogP contribution in [0.1, 0.15) is 16.8 Å². The molecule has 0 fully saturated rings. The second-order valence-electron chi connectivity index (χ2n) is 5.44. The zero-order chi connectivity index (χ0) is 18.0. The summed E-state index contributed by atoms with van der Waals surface area (Å²) in [5.41, 5.74) is 0.696. The van der Waals surface area contributed by atoms with Gasteiger partial charge in [0.2, 0.25) is 11.8 Å². The highest BCUT2D eigenvalue weighted by atomic mass is 79.9. The molecule has 3 amide bonds. The maximum Gasteiger partial charge on any atom is 0.254 e. The van der Waals surface area contributed by atoms with Crippen LogP contribution >= 0.6 is 15.9 Å². The molecular formula is C17H13BrFN3O3. The van der Waals surface area contributed by atoms with Crippen molar-refractivity contribution in [2.24, 2.45) is 0 Å². The van der Waals surface area contributed by atoms with E-state index >= 15 is 0 Å². The monoisotopic (exact) mass is 405 g/mol. The Morgan fingerprint density at radius 2 is 1.96 bits per heavy atom. The number of halogens is 2. The van der Waals surface area contributed by atoms with Gasteiger partial charge in [0.15, 0.2) is 0 Å². The zero-order valence-corrected chi connectivity index (χ0v) is 14.4. The summed E-state index contributed by atoms with van der Waals surface area (Å²) in [6, 6.07) is 9.68. The van der Waals surface area contributed by atoms with Crippen LogP contribution in [0.15, 0.2) is 46.9 Å². The van der Waals surface area contributed by atoms with Crippen LogP contribution in [0.5, 0.6) is 0 Å². The fraction of sp³-hybridized carbons (Fsp3) is 0.118. The highest BCUT2D eigenvalue weighted by Gasteiger charge is 2.29. The number of rotatable bonds is 3. The van der Waals surface area contributed by atoms with Gasteiger partial charge in [0.25, 0.3) is 5.91 Å². The van der Waals surface area contributed by atoms with Gasteiger partial charge in [0, 0.05) is 4.47 Å². The molecule has 3 rings (SSSR count). The number of fused-ring (bicyclic) bond motifs is 1. The van der Waals surface area contributed by atoms with Gasteiger partial charge in [-0.3, -0.25) is 14.4 Å². The first kappa shape index (κ1) is 17.1. The van der Waals surface area contributed by atoms with Crippen LogP contribution in [0.2, 0.25) is 0 Å². The van der Waals surface area contributed by atoms with E-state index in [0.29, 0.717) is 15.7 Å². The molecule has 0 saturated carbocycles. The molecule has 0 aromatic heterocycles. The number of nitrogens with one attached hydrogen (secondary N) is 3. The first-order valence-corrected chi connectivity index (χ1v) is 8.19. The van der Waals surface area contributed by atoms with Gasteiger partial charge in [0.1, 0.15) is 11.9 Å². The Bertz CT molecular complexity index is 872. The molecule has 128 valence electrons. The minimum absolute atomic E-state index is 0.00292. The number of carbonyl (C=O) groups is 3. The molecule has 1 atom stereocenters. The first-order valence-electron chi connectivity index (χ1n) is 7.39. The van der Waals surface area contributed by atoms with Gasteiger partial charge in [-0.2, -0.15) is 0 Å². The van der Waals surface area contributed by atoms with E-state index in [1.165, 1.54) is 12.1 Å². The molecular weight excluding hydrogens is 393 g/mol. The number of para-hydroxylation sites is 1. The molecule has 1 aliphatic heterocycles. The average Bonchev–Trinajstić information content (AvgIpc) is 2.68. The Balaban J connectivity index is 1.71. The van der Waals surface area contributed by atoms with Crippen molar-refractivity contribution in [3.63, 3.8) is 0 Å². The topological polar surface area (TPSA) is 87.3 Å². The van der Waals surface area contributed by atoms with Crippen molar-refractivity contribution in [3.8, 4) is 0 Å². The second-order valence-corrected chi connectivity index (χ2v) is 6.35.